The van der Waals surface area contributed by atoms with Gasteiger partial charge in [0.1, 0.15) is 11.9 Å². The molecule has 0 spiro atoms. The average Bonchev–Trinajstić information content (AvgIpc) is 3.20. The van der Waals surface area contributed by atoms with E-state index in [1.54, 1.807) is 19.1 Å². The number of benzene rings is 3. The predicted octanol–water partition coefficient (Wildman–Crippen LogP) is 6.90. The van der Waals surface area contributed by atoms with Gasteiger partial charge in [-0.3, -0.25) is 5.32 Å². The fourth-order valence-corrected chi connectivity index (χ4v) is 5.49. The van der Waals surface area contributed by atoms with Gasteiger partial charge in [-0.25, -0.2) is 9.18 Å². The average molecular weight is 529 g/mol. The van der Waals surface area contributed by atoms with Crippen LogP contribution < -0.4 is 16.0 Å². The molecule has 0 unspecified atom stereocenters. The highest BCUT2D eigenvalue weighted by Gasteiger charge is 2.27. The van der Waals surface area contributed by atoms with Crippen molar-refractivity contribution in [2.24, 2.45) is 0 Å². The van der Waals surface area contributed by atoms with Crippen LogP contribution in [-0.4, -0.2) is 37.0 Å². The number of nitrogens with one attached hydrogen (secondary N) is 1. The number of anilines is 3. The Labute approximate surface area is 227 Å². The van der Waals surface area contributed by atoms with Crippen LogP contribution in [0.2, 0.25) is 0 Å². The van der Waals surface area contributed by atoms with E-state index in [-0.39, 0.29) is 5.82 Å². The number of halogens is 1. The molecule has 1 saturated heterocycles. The summed E-state index contributed by atoms with van der Waals surface area (Å²) in [5.41, 5.74) is 13.3. The maximum atomic E-state index is 13.2. The van der Waals surface area contributed by atoms with Gasteiger partial charge in [-0.2, -0.15) is 0 Å². The van der Waals surface area contributed by atoms with E-state index in [9.17, 15) is 9.18 Å². The van der Waals surface area contributed by atoms with Gasteiger partial charge >= 0.3 is 6.09 Å². The largest absolute Gasteiger partial charge is 0.441 e. The quantitative estimate of drug-likeness (QED) is 0.284. The van der Waals surface area contributed by atoms with Gasteiger partial charge in [-0.05, 0) is 74.2 Å². The van der Waals surface area contributed by atoms with E-state index < -0.39 is 12.2 Å². The molecule has 8 heteroatoms. The van der Waals surface area contributed by atoms with Crippen molar-refractivity contribution in [1.29, 1.82) is 0 Å². The van der Waals surface area contributed by atoms with Crippen LogP contribution >= 0.6 is 0 Å². The summed E-state index contributed by atoms with van der Waals surface area (Å²) in [7, 11) is 0. The molecule has 39 heavy (non-hydrogen) atoms. The number of amides is 1. The van der Waals surface area contributed by atoms with Crippen LogP contribution in [0, 0.1) is 5.82 Å². The van der Waals surface area contributed by atoms with E-state index in [1.165, 1.54) is 24.2 Å². The van der Waals surface area contributed by atoms with E-state index in [0.29, 0.717) is 11.7 Å². The summed E-state index contributed by atoms with van der Waals surface area (Å²) in [6.07, 6.45) is 2.42. The molecule has 1 atom stereocenters. The first kappa shape index (κ1) is 25.2. The molecule has 0 bridgehead atoms. The Morgan fingerprint density at radius 3 is 2.44 bits per heavy atom. The first-order valence-corrected chi connectivity index (χ1v) is 13.6. The van der Waals surface area contributed by atoms with Crippen LogP contribution in [0.4, 0.5) is 26.2 Å². The SMILES string of the molecule is C[C@@H](OC(=O)Nc1ccc(-c2c(N)c3cc(N4CCOCC4)ccc3n2C2CCC2)cc1)c1ccc(F)cc1. The summed E-state index contributed by atoms with van der Waals surface area (Å²) in [5, 5.41) is 3.86. The number of morpholine rings is 1. The topological polar surface area (TPSA) is 81.8 Å². The van der Waals surface area contributed by atoms with Crippen LogP contribution in [-0.2, 0) is 9.47 Å². The van der Waals surface area contributed by atoms with E-state index in [1.807, 2.05) is 24.3 Å². The molecule has 1 aliphatic carbocycles. The van der Waals surface area contributed by atoms with Gasteiger partial charge in [0.05, 0.1) is 30.1 Å². The first-order chi connectivity index (χ1) is 19.0. The Bertz CT molecular complexity index is 1470. The fourth-order valence-electron chi connectivity index (χ4n) is 5.49. The molecule has 1 saturated carbocycles. The highest BCUT2D eigenvalue weighted by atomic mass is 19.1. The Morgan fingerprint density at radius 1 is 1.05 bits per heavy atom. The third kappa shape index (κ3) is 5.04. The van der Waals surface area contributed by atoms with Gasteiger partial charge < -0.3 is 24.7 Å². The van der Waals surface area contributed by atoms with E-state index in [0.717, 1.165) is 72.6 Å². The summed E-state index contributed by atoms with van der Waals surface area (Å²) < 4.78 is 26.6. The lowest BCUT2D eigenvalue weighted by atomic mass is 9.92. The zero-order valence-corrected chi connectivity index (χ0v) is 22.0. The zero-order chi connectivity index (χ0) is 26.9. The second-order valence-electron chi connectivity index (χ2n) is 10.3. The van der Waals surface area contributed by atoms with Crippen molar-refractivity contribution >= 4 is 34.1 Å². The Morgan fingerprint density at radius 2 is 1.77 bits per heavy atom. The lowest BCUT2D eigenvalue weighted by molar-refractivity contribution is 0.121. The van der Waals surface area contributed by atoms with Gasteiger partial charge in [0.25, 0.3) is 0 Å². The maximum absolute atomic E-state index is 13.2. The number of carbonyl (C=O) groups is 1. The minimum absolute atomic E-state index is 0.329. The van der Waals surface area contributed by atoms with Gasteiger partial charge in [0, 0.05) is 41.5 Å². The van der Waals surface area contributed by atoms with Crippen LogP contribution in [0.25, 0.3) is 22.2 Å². The highest BCUT2D eigenvalue weighted by Crippen LogP contribution is 2.45. The molecule has 7 nitrogen and oxygen atoms in total. The number of rotatable bonds is 6. The molecular weight excluding hydrogens is 495 g/mol. The number of nitrogens with zero attached hydrogens (tertiary/aromatic N) is 2. The van der Waals surface area contributed by atoms with Crippen molar-refractivity contribution in [3.8, 4) is 11.3 Å². The van der Waals surface area contributed by atoms with Crippen molar-refractivity contribution in [2.75, 3.05) is 42.3 Å². The molecule has 202 valence electrons. The number of ether oxygens (including phenoxy) is 2. The summed E-state index contributed by atoms with van der Waals surface area (Å²) in [6, 6.07) is 20.6. The van der Waals surface area contributed by atoms with E-state index in [4.69, 9.17) is 15.2 Å². The van der Waals surface area contributed by atoms with Gasteiger partial charge in [-0.15, -0.1) is 0 Å². The lowest BCUT2D eigenvalue weighted by Gasteiger charge is -2.31. The fraction of sp³-hybridized carbons (Fsp3) is 0.323. The highest BCUT2D eigenvalue weighted by molar-refractivity contribution is 6.02. The number of aromatic nitrogens is 1. The number of hydrogen-bond acceptors (Lipinski definition) is 5. The Hall–Kier alpha value is -4.04. The first-order valence-electron chi connectivity index (χ1n) is 13.6. The normalized spacial score (nSPS) is 16.6. The van der Waals surface area contributed by atoms with Crippen LogP contribution in [0.15, 0.2) is 66.7 Å². The van der Waals surface area contributed by atoms with Crippen molar-refractivity contribution in [3.05, 3.63) is 78.1 Å². The third-order valence-electron chi connectivity index (χ3n) is 7.87. The lowest BCUT2D eigenvalue weighted by Crippen LogP contribution is -2.36. The summed E-state index contributed by atoms with van der Waals surface area (Å²) in [4.78, 5) is 14.8. The monoisotopic (exact) mass is 528 g/mol. The molecule has 1 aliphatic heterocycles. The van der Waals surface area contributed by atoms with Crippen molar-refractivity contribution in [1.82, 2.24) is 4.57 Å². The number of fused-ring (bicyclic) bond motifs is 1. The molecule has 2 heterocycles. The van der Waals surface area contributed by atoms with Crippen molar-refractivity contribution < 1.29 is 18.7 Å². The summed E-state index contributed by atoms with van der Waals surface area (Å²) in [5.74, 6) is -0.329. The summed E-state index contributed by atoms with van der Waals surface area (Å²) in [6.45, 7) is 4.98. The molecular formula is C31H33FN4O3. The molecule has 3 aromatic carbocycles. The van der Waals surface area contributed by atoms with E-state index >= 15 is 0 Å². The standard InChI is InChI=1S/C31H33FN4O3/c1-20(21-5-9-23(32)10-6-21)39-31(37)34-24-11-7-22(8-12-24)30-29(33)27-19-26(35-15-17-38-18-16-35)13-14-28(27)36(30)25-3-2-4-25/h5-14,19-20,25H,2-4,15-18,33H2,1H3,(H,34,37)/t20-/m1/s1. The molecule has 6 rings (SSSR count). The van der Waals surface area contributed by atoms with Crippen LogP contribution in [0.1, 0.15) is 43.9 Å². The number of nitrogens with two attached hydrogens (primary N) is 1. The molecule has 0 radical (unpaired) electrons. The third-order valence-corrected chi connectivity index (χ3v) is 7.87. The summed E-state index contributed by atoms with van der Waals surface area (Å²) >= 11 is 0. The minimum atomic E-state index is -0.571. The number of carbonyl (C=O) groups excluding carboxylic acids is 1. The van der Waals surface area contributed by atoms with E-state index in [2.05, 4.69) is 33.0 Å². The second-order valence-corrected chi connectivity index (χ2v) is 10.3. The van der Waals surface area contributed by atoms with Gasteiger partial charge in [0.15, 0.2) is 0 Å². The smallest absolute Gasteiger partial charge is 0.412 e. The predicted molar refractivity (Wildman–Crippen MR) is 153 cm³/mol. The van der Waals surface area contributed by atoms with Crippen molar-refractivity contribution in [2.45, 2.75) is 38.3 Å². The van der Waals surface area contributed by atoms with Crippen LogP contribution in [0.3, 0.4) is 0 Å². The molecule has 4 aromatic rings. The second kappa shape index (κ2) is 10.6. The van der Waals surface area contributed by atoms with Gasteiger partial charge in [0.2, 0.25) is 0 Å². The number of hydrogen-bond donors (Lipinski definition) is 2. The van der Waals surface area contributed by atoms with Crippen molar-refractivity contribution in [3.63, 3.8) is 0 Å². The molecule has 3 N–H and O–H groups in total. The Kier molecular flexibility index (Phi) is 6.87. The molecule has 2 fully saturated rings. The van der Waals surface area contributed by atoms with Gasteiger partial charge in [-0.1, -0.05) is 24.3 Å². The minimum Gasteiger partial charge on any atom is -0.441 e. The molecule has 1 aromatic heterocycles. The van der Waals surface area contributed by atoms with Crippen LogP contribution in [0.5, 0.6) is 0 Å². The molecule has 1 amide bonds. The molecule has 2 aliphatic rings. The maximum Gasteiger partial charge on any atom is 0.412 e. The Balaban J connectivity index is 1.24. The number of nitrogen functional groups attached to an aromatic ring is 1. The zero-order valence-electron chi connectivity index (χ0n) is 22.0.